The van der Waals surface area contributed by atoms with Crippen molar-refractivity contribution in [2.45, 2.75) is 68.7 Å². The monoisotopic (exact) mass is 675 g/mol. The molecule has 1 heterocycles. The van der Waals surface area contributed by atoms with Crippen molar-refractivity contribution in [2.24, 2.45) is 5.73 Å². The number of hydrogen-bond acceptors (Lipinski definition) is 9. The summed E-state index contributed by atoms with van der Waals surface area (Å²) in [5, 5.41) is 13.5. The highest BCUT2D eigenvalue weighted by atomic mass is 16.5. The number of methoxy groups -OCH3 is 3. The first kappa shape index (κ1) is 37.4. The lowest BCUT2D eigenvalue weighted by Crippen LogP contribution is -2.42. The van der Waals surface area contributed by atoms with Crippen molar-refractivity contribution in [3.05, 3.63) is 95.6 Å². The molecule has 1 aliphatic rings. The molecule has 1 saturated heterocycles. The molecule has 264 valence electrons. The first-order chi connectivity index (χ1) is 23.7. The van der Waals surface area contributed by atoms with E-state index in [4.69, 9.17) is 19.9 Å². The molecule has 1 aliphatic heterocycles. The molecule has 0 spiro atoms. The van der Waals surface area contributed by atoms with E-state index in [-0.39, 0.29) is 43.8 Å². The van der Waals surface area contributed by atoms with Crippen LogP contribution in [0, 0.1) is 0 Å². The van der Waals surface area contributed by atoms with Crippen molar-refractivity contribution in [3.8, 4) is 11.5 Å². The lowest BCUT2D eigenvalue weighted by Gasteiger charge is -2.38. The van der Waals surface area contributed by atoms with Crippen LogP contribution in [0.5, 0.6) is 11.5 Å². The van der Waals surface area contributed by atoms with E-state index in [2.05, 4.69) is 10.1 Å². The van der Waals surface area contributed by atoms with Gasteiger partial charge in [-0.2, -0.15) is 0 Å². The van der Waals surface area contributed by atoms with E-state index >= 15 is 0 Å². The van der Waals surface area contributed by atoms with Gasteiger partial charge in [0.2, 0.25) is 11.8 Å². The number of nitrogens with zero attached hydrogens (tertiary/aromatic N) is 1. The first-order valence-electron chi connectivity index (χ1n) is 16.8. The van der Waals surface area contributed by atoms with Crippen LogP contribution in [0.4, 0.5) is 0 Å². The Kier molecular flexibility index (Phi) is 14.0. The van der Waals surface area contributed by atoms with Gasteiger partial charge in [-0.25, -0.2) is 0 Å². The van der Waals surface area contributed by atoms with E-state index in [9.17, 15) is 19.5 Å². The van der Waals surface area contributed by atoms with Crippen molar-refractivity contribution in [2.75, 3.05) is 41.0 Å². The Morgan fingerprint density at radius 1 is 0.857 bits per heavy atom. The summed E-state index contributed by atoms with van der Waals surface area (Å²) in [7, 11) is 4.52. The molecular weight excluding hydrogens is 626 g/mol. The van der Waals surface area contributed by atoms with E-state index in [0.717, 1.165) is 34.6 Å². The molecule has 4 rings (SSSR count). The highest BCUT2D eigenvalue weighted by Crippen LogP contribution is 2.42. The number of rotatable bonds is 18. The minimum atomic E-state index is -1.03. The van der Waals surface area contributed by atoms with Gasteiger partial charge in [0.1, 0.15) is 23.1 Å². The number of esters is 1. The lowest BCUT2D eigenvalue weighted by molar-refractivity contribution is -0.142. The smallest absolute Gasteiger partial charge is 0.322 e. The van der Waals surface area contributed by atoms with E-state index < -0.39 is 23.7 Å². The van der Waals surface area contributed by atoms with Crippen LogP contribution in [0.1, 0.15) is 61.6 Å². The van der Waals surface area contributed by atoms with Crippen LogP contribution >= 0.6 is 0 Å². The second-order valence-electron chi connectivity index (χ2n) is 12.2. The molecule has 0 radical (unpaired) electrons. The van der Waals surface area contributed by atoms with E-state index in [1.54, 1.807) is 19.1 Å². The fourth-order valence-corrected chi connectivity index (χ4v) is 6.24. The summed E-state index contributed by atoms with van der Waals surface area (Å²) in [4.78, 5) is 38.7. The number of benzene rings is 3. The van der Waals surface area contributed by atoms with Crippen LogP contribution in [0.15, 0.2) is 78.9 Å². The third-order valence-corrected chi connectivity index (χ3v) is 8.95. The Morgan fingerprint density at radius 2 is 1.45 bits per heavy atom. The van der Waals surface area contributed by atoms with Crippen molar-refractivity contribution in [1.29, 1.82) is 0 Å². The van der Waals surface area contributed by atoms with Crippen molar-refractivity contribution in [3.63, 3.8) is 0 Å². The molecule has 0 unspecified atom stereocenters. The summed E-state index contributed by atoms with van der Waals surface area (Å²) >= 11 is 0. The number of β-amino-alcohol motifs (C(OH)–C–C–N with tert-alkyl or cyclic N) is 1. The number of unbranched alkanes of at least 4 members (excludes halogenated alkanes) is 2. The Morgan fingerprint density at radius 3 is 2.02 bits per heavy atom. The molecule has 0 saturated carbocycles. The van der Waals surface area contributed by atoms with Gasteiger partial charge in [0.15, 0.2) is 0 Å². The van der Waals surface area contributed by atoms with Gasteiger partial charge in [-0.3, -0.25) is 14.4 Å². The number of hydrogen-bond donors (Lipinski definition) is 3. The van der Waals surface area contributed by atoms with Crippen LogP contribution in [0.2, 0.25) is 0 Å². The summed E-state index contributed by atoms with van der Waals surface area (Å²) < 4.78 is 22.5. The lowest BCUT2D eigenvalue weighted by atomic mass is 9.80. The average Bonchev–Trinajstić information content (AvgIpc) is 3.52. The number of amides is 2. The van der Waals surface area contributed by atoms with Gasteiger partial charge in [-0.15, -0.1) is 0 Å². The molecule has 0 aromatic heterocycles. The molecule has 0 bridgehead atoms. The van der Waals surface area contributed by atoms with Crippen LogP contribution in [0.25, 0.3) is 0 Å². The normalized spacial score (nSPS) is 16.6. The third-order valence-electron chi connectivity index (χ3n) is 8.95. The number of ether oxygens (including phenoxy) is 4. The summed E-state index contributed by atoms with van der Waals surface area (Å²) in [5.41, 5.74) is 7.35. The highest BCUT2D eigenvalue weighted by molar-refractivity contribution is 5.79. The Hall–Kier alpha value is -4.45. The summed E-state index contributed by atoms with van der Waals surface area (Å²) in [6.45, 7) is 0.916. The van der Waals surface area contributed by atoms with Crippen LogP contribution in [0.3, 0.4) is 0 Å². The van der Waals surface area contributed by atoms with Crippen LogP contribution < -0.4 is 20.5 Å². The molecule has 11 nitrogen and oxygen atoms in total. The predicted octanol–water partition coefficient (Wildman–Crippen LogP) is 3.93. The summed E-state index contributed by atoms with van der Waals surface area (Å²) in [6.07, 6.45) is 2.54. The van der Waals surface area contributed by atoms with Gasteiger partial charge in [0, 0.05) is 25.9 Å². The molecule has 3 aromatic rings. The second kappa shape index (κ2) is 18.4. The Balaban J connectivity index is 1.42. The van der Waals surface area contributed by atoms with E-state index in [0.29, 0.717) is 32.2 Å². The number of aliphatic hydroxyl groups is 1. The maximum Gasteiger partial charge on any atom is 0.322 e. The molecular formula is C38H49N3O8. The van der Waals surface area contributed by atoms with Gasteiger partial charge in [-0.1, -0.05) is 61.0 Å². The number of nitrogens with two attached hydrogens (primary N) is 1. The zero-order valence-corrected chi connectivity index (χ0v) is 28.6. The topological polar surface area (TPSA) is 150 Å². The fraction of sp³-hybridized carbons (Fsp3) is 0.447. The first-order valence-corrected chi connectivity index (χ1v) is 16.8. The van der Waals surface area contributed by atoms with Gasteiger partial charge in [0.25, 0.3) is 0 Å². The minimum absolute atomic E-state index is 0.0369. The highest BCUT2D eigenvalue weighted by Gasteiger charge is 2.41. The molecule has 3 atom stereocenters. The minimum Gasteiger partial charge on any atom is -0.497 e. The van der Waals surface area contributed by atoms with Gasteiger partial charge >= 0.3 is 5.97 Å². The number of likely N-dealkylation sites (tertiary alicyclic amines) is 1. The van der Waals surface area contributed by atoms with E-state index in [1.165, 1.54) is 7.11 Å². The number of nitrogens with one attached hydrogen (secondary N) is 1. The number of carbonyl (C=O) groups is 3. The van der Waals surface area contributed by atoms with Crippen LogP contribution in [-0.2, 0) is 29.5 Å². The predicted molar refractivity (Wildman–Crippen MR) is 185 cm³/mol. The molecule has 2 amide bonds. The zero-order valence-electron chi connectivity index (χ0n) is 28.6. The maximum atomic E-state index is 13.5. The SMILES string of the molecule is COC(=O)[C@H](N)CCC(=O)NCCCCCC(=O)N1C[C@H](O)C[C@H]1COC(c1ccccc1)(c1ccc(OC)cc1)c1ccc(OC)cc1. The summed E-state index contributed by atoms with van der Waals surface area (Å²) in [6, 6.07) is 24.4. The molecule has 49 heavy (non-hydrogen) atoms. The third kappa shape index (κ3) is 9.81. The maximum absolute atomic E-state index is 13.5. The molecule has 11 heteroatoms. The largest absolute Gasteiger partial charge is 0.497 e. The number of aliphatic hydroxyl groups excluding tert-OH is 1. The van der Waals surface area contributed by atoms with Crippen LogP contribution in [-0.4, -0.2) is 87.0 Å². The zero-order chi connectivity index (χ0) is 35.2. The number of carbonyl (C=O) groups excluding carboxylic acids is 3. The molecule has 1 fully saturated rings. The van der Waals surface area contributed by atoms with Gasteiger partial charge in [0.05, 0.1) is 40.1 Å². The fourth-order valence-electron chi connectivity index (χ4n) is 6.24. The quantitative estimate of drug-likeness (QED) is 0.104. The standard InChI is InChI=1S/C38H49N3O8/c1-46-32-17-13-28(14-18-32)38(27-10-6-4-7-11-27,29-15-19-33(47-2)20-16-29)49-26-30-24-31(42)25-41(30)36(44)12-8-5-9-23-40-35(43)22-21-34(39)37(45)48-3/h4,6-7,10-11,13-20,30-31,34,42H,5,8-9,12,21-26,39H2,1-3H3,(H,40,43)/t30-,31+,34+/m0/s1. The van der Waals surface area contributed by atoms with Gasteiger partial charge < -0.3 is 40.0 Å². The van der Waals surface area contributed by atoms with Crippen molar-refractivity contribution >= 4 is 17.8 Å². The van der Waals surface area contributed by atoms with Crippen molar-refractivity contribution < 1.29 is 38.4 Å². The van der Waals surface area contributed by atoms with Crippen molar-refractivity contribution in [1.82, 2.24) is 10.2 Å². The van der Waals surface area contributed by atoms with E-state index in [1.807, 2.05) is 78.9 Å². The molecule has 3 aromatic carbocycles. The molecule has 4 N–H and O–H groups in total. The Bertz CT molecular complexity index is 1440. The summed E-state index contributed by atoms with van der Waals surface area (Å²) in [5.74, 6) is 0.685. The average molecular weight is 676 g/mol. The van der Waals surface area contributed by atoms with Gasteiger partial charge in [-0.05, 0) is 66.6 Å². The molecule has 0 aliphatic carbocycles. The Labute approximate surface area is 288 Å². The second-order valence-corrected chi connectivity index (χ2v) is 12.2.